The van der Waals surface area contributed by atoms with Crippen molar-refractivity contribution in [3.63, 3.8) is 0 Å². The molecule has 0 fully saturated rings. The second-order valence-electron chi connectivity index (χ2n) is 5.94. The van der Waals surface area contributed by atoms with Gasteiger partial charge < -0.3 is 5.73 Å². The molecular formula is C19H20N4. The van der Waals surface area contributed by atoms with Crippen LogP contribution < -0.4 is 5.73 Å². The standard InChI is InChI=1S/C19H20N4/c1-3-4-9-19(2,13-20)15-7-5-6-14(11-15)16-8-10-21-18-17(16)12-22-23-18/h5-8,10-12H,9,13,20H2,1-2H3,(H,21,22,23). The smallest absolute Gasteiger partial charge is 0.155 e. The van der Waals surface area contributed by atoms with E-state index < -0.39 is 0 Å². The highest BCUT2D eigenvalue weighted by molar-refractivity contribution is 5.92. The van der Waals surface area contributed by atoms with Crippen molar-refractivity contribution in [2.45, 2.75) is 25.7 Å². The Kier molecular flexibility index (Phi) is 4.14. The van der Waals surface area contributed by atoms with E-state index in [2.05, 4.69) is 58.2 Å². The zero-order chi connectivity index (χ0) is 16.3. The number of nitrogens with two attached hydrogens (primary N) is 1. The Labute approximate surface area is 136 Å². The van der Waals surface area contributed by atoms with Crippen LogP contribution in [0, 0.1) is 11.8 Å². The topological polar surface area (TPSA) is 67.6 Å². The molecule has 0 amide bonds. The summed E-state index contributed by atoms with van der Waals surface area (Å²) >= 11 is 0. The van der Waals surface area contributed by atoms with Gasteiger partial charge in [-0.2, -0.15) is 5.10 Å². The molecule has 116 valence electrons. The normalized spacial score (nSPS) is 13.3. The molecule has 1 aromatic carbocycles. The lowest BCUT2D eigenvalue weighted by molar-refractivity contribution is 0.498. The summed E-state index contributed by atoms with van der Waals surface area (Å²) in [6.45, 7) is 4.58. The van der Waals surface area contributed by atoms with Crippen LogP contribution in [0.2, 0.25) is 0 Å². The fourth-order valence-corrected chi connectivity index (χ4v) is 2.74. The number of aromatic nitrogens is 3. The number of H-pyrrole nitrogens is 1. The maximum atomic E-state index is 6.05. The Balaban J connectivity index is 2.09. The van der Waals surface area contributed by atoms with E-state index in [1.165, 1.54) is 5.56 Å². The van der Waals surface area contributed by atoms with Crippen LogP contribution in [-0.2, 0) is 5.41 Å². The molecule has 1 atom stereocenters. The minimum Gasteiger partial charge on any atom is -0.330 e. The van der Waals surface area contributed by atoms with Crippen LogP contribution in [0.3, 0.4) is 0 Å². The summed E-state index contributed by atoms with van der Waals surface area (Å²) in [5.41, 5.74) is 10.2. The van der Waals surface area contributed by atoms with Crippen LogP contribution in [0.25, 0.3) is 22.2 Å². The summed E-state index contributed by atoms with van der Waals surface area (Å²) < 4.78 is 0. The molecule has 1 unspecified atom stereocenters. The summed E-state index contributed by atoms with van der Waals surface area (Å²) in [4.78, 5) is 4.30. The lowest BCUT2D eigenvalue weighted by Gasteiger charge is -2.27. The fourth-order valence-electron chi connectivity index (χ4n) is 2.74. The number of pyridine rings is 1. The molecule has 0 aliphatic heterocycles. The second kappa shape index (κ2) is 6.23. The van der Waals surface area contributed by atoms with Gasteiger partial charge in [0.2, 0.25) is 0 Å². The first-order valence-electron chi connectivity index (χ1n) is 7.66. The molecule has 3 aromatic rings. The highest BCUT2D eigenvalue weighted by Gasteiger charge is 2.24. The molecule has 4 nitrogen and oxygen atoms in total. The molecule has 0 saturated heterocycles. The lowest BCUT2D eigenvalue weighted by atomic mass is 9.79. The van der Waals surface area contributed by atoms with E-state index in [1.807, 2.05) is 19.2 Å². The SMILES string of the molecule is CC#CCC(C)(CN)c1cccc(-c2ccnc3[nH]ncc23)c1. The third kappa shape index (κ3) is 2.84. The minimum absolute atomic E-state index is 0.151. The van der Waals surface area contributed by atoms with Crippen LogP contribution in [0.1, 0.15) is 25.8 Å². The van der Waals surface area contributed by atoms with Gasteiger partial charge in [-0.1, -0.05) is 31.2 Å². The molecule has 4 heteroatoms. The largest absolute Gasteiger partial charge is 0.330 e. The summed E-state index contributed by atoms with van der Waals surface area (Å²) in [6.07, 6.45) is 4.36. The Morgan fingerprint density at radius 2 is 2.17 bits per heavy atom. The van der Waals surface area contributed by atoms with Gasteiger partial charge >= 0.3 is 0 Å². The molecule has 2 heterocycles. The second-order valence-corrected chi connectivity index (χ2v) is 5.94. The molecule has 0 spiro atoms. The van der Waals surface area contributed by atoms with E-state index in [1.54, 1.807) is 6.20 Å². The molecule has 0 radical (unpaired) electrons. The van der Waals surface area contributed by atoms with Crippen molar-refractivity contribution in [1.82, 2.24) is 15.2 Å². The van der Waals surface area contributed by atoms with E-state index in [-0.39, 0.29) is 5.41 Å². The number of aromatic amines is 1. The summed E-state index contributed by atoms with van der Waals surface area (Å²) in [5, 5.41) is 8.02. The van der Waals surface area contributed by atoms with Gasteiger partial charge in [-0.25, -0.2) is 4.98 Å². The highest BCUT2D eigenvalue weighted by atomic mass is 15.1. The van der Waals surface area contributed by atoms with Crippen molar-refractivity contribution in [2.24, 2.45) is 5.73 Å². The summed E-state index contributed by atoms with van der Waals surface area (Å²) in [6, 6.07) is 10.5. The molecule has 3 rings (SSSR count). The summed E-state index contributed by atoms with van der Waals surface area (Å²) in [5.74, 6) is 6.14. The molecule has 0 bridgehead atoms. The zero-order valence-corrected chi connectivity index (χ0v) is 13.4. The zero-order valence-electron chi connectivity index (χ0n) is 13.4. The highest BCUT2D eigenvalue weighted by Crippen LogP contribution is 2.32. The number of benzene rings is 1. The first kappa shape index (κ1) is 15.3. The van der Waals surface area contributed by atoms with E-state index >= 15 is 0 Å². The van der Waals surface area contributed by atoms with Crippen LogP contribution >= 0.6 is 0 Å². The molecule has 0 aliphatic carbocycles. The van der Waals surface area contributed by atoms with Gasteiger partial charge in [-0.15, -0.1) is 11.8 Å². The van der Waals surface area contributed by atoms with Gasteiger partial charge in [0.1, 0.15) is 0 Å². The van der Waals surface area contributed by atoms with Gasteiger partial charge in [-0.3, -0.25) is 5.10 Å². The van der Waals surface area contributed by atoms with Gasteiger partial charge in [0.15, 0.2) is 5.65 Å². The van der Waals surface area contributed by atoms with Crippen LogP contribution in [0.15, 0.2) is 42.7 Å². The number of rotatable bonds is 4. The van der Waals surface area contributed by atoms with Gasteiger partial charge in [0.25, 0.3) is 0 Å². The van der Waals surface area contributed by atoms with E-state index in [0.29, 0.717) is 6.54 Å². The monoisotopic (exact) mass is 304 g/mol. The quantitative estimate of drug-likeness (QED) is 0.727. The number of nitrogens with zero attached hydrogens (tertiary/aromatic N) is 2. The lowest BCUT2D eigenvalue weighted by Crippen LogP contribution is -2.31. The van der Waals surface area contributed by atoms with Gasteiger partial charge in [-0.05, 0) is 29.7 Å². The predicted molar refractivity (Wildman–Crippen MR) is 93.8 cm³/mol. The average Bonchev–Trinajstić information content (AvgIpc) is 3.08. The third-order valence-electron chi connectivity index (χ3n) is 4.33. The van der Waals surface area contributed by atoms with E-state index in [0.717, 1.165) is 28.6 Å². The number of nitrogens with one attached hydrogen (secondary N) is 1. The predicted octanol–water partition coefficient (Wildman–Crippen LogP) is 3.25. The third-order valence-corrected chi connectivity index (χ3v) is 4.33. The number of hydrogen-bond acceptors (Lipinski definition) is 3. The van der Waals surface area contributed by atoms with Gasteiger partial charge in [0, 0.05) is 30.0 Å². The molecular weight excluding hydrogens is 284 g/mol. The van der Waals surface area contributed by atoms with Crippen molar-refractivity contribution < 1.29 is 0 Å². The van der Waals surface area contributed by atoms with Crippen molar-refractivity contribution in [3.8, 4) is 23.0 Å². The average molecular weight is 304 g/mol. The fraction of sp³-hybridized carbons (Fsp3) is 0.263. The van der Waals surface area contributed by atoms with Crippen molar-refractivity contribution in [3.05, 3.63) is 48.3 Å². The number of hydrogen-bond donors (Lipinski definition) is 2. The van der Waals surface area contributed by atoms with E-state index in [9.17, 15) is 0 Å². The Morgan fingerprint density at radius 3 is 2.96 bits per heavy atom. The Bertz CT molecular complexity index is 885. The maximum absolute atomic E-state index is 6.05. The van der Waals surface area contributed by atoms with Crippen molar-refractivity contribution in [1.29, 1.82) is 0 Å². The minimum atomic E-state index is -0.151. The first-order chi connectivity index (χ1) is 11.2. The molecule has 0 aliphatic rings. The van der Waals surface area contributed by atoms with E-state index in [4.69, 9.17) is 5.73 Å². The Morgan fingerprint density at radius 1 is 1.30 bits per heavy atom. The van der Waals surface area contributed by atoms with Crippen LogP contribution in [0.4, 0.5) is 0 Å². The van der Waals surface area contributed by atoms with Crippen LogP contribution in [-0.4, -0.2) is 21.7 Å². The van der Waals surface area contributed by atoms with Crippen molar-refractivity contribution in [2.75, 3.05) is 6.54 Å². The molecule has 3 N–H and O–H groups in total. The van der Waals surface area contributed by atoms with Gasteiger partial charge in [0.05, 0.1) is 6.20 Å². The first-order valence-corrected chi connectivity index (χ1v) is 7.66. The molecule has 0 saturated carbocycles. The molecule has 23 heavy (non-hydrogen) atoms. The van der Waals surface area contributed by atoms with Crippen LogP contribution in [0.5, 0.6) is 0 Å². The maximum Gasteiger partial charge on any atom is 0.155 e. The summed E-state index contributed by atoms with van der Waals surface area (Å²) in [7, 11) is 0. The molecule has 2 aromatic heterocycles. The Hall–Kier alpha value is -2.64. The van der Waals surface area contributed by atoms with Crippen molar-refractivity contribution >= 4 is 11.0 Å². The number of fused-ring (bicyclic) bond motifs is 1.